The van der Waals surface area contributed by atoms with Crippen LogP contribution in [0.2, 0.25) is 10.3 Å². The molecule has 1 amide bonds. The number of hydrogen-bond acceptors (Lipinski definition) is 9. The summed E-state index contributed by atoms with van der Waals surface area (Å²) in [6.07, 6.45) is -6.37. The van der Waals surface area contributed by atoms with E-state index in [-0.39, 0.29) is 61.8 Å². The van der Waals surface area contributed by atoms with Crippen molar-refractivity contribution in [1.82, 2.24) is 25.3 Å². The Hall–Kier alpha value is -5.74. The van der Waals surface area contributed by atoms with Crippen molar-refractivity contribution in [2.24, 2.45) is 0 Å². The number of nitrogens with zero attached hydrogens (tertiary/aromatic N) is 4. The van der Waals surface area contributed by atoms with E-state index in [1.54, 1.807) is 19.1 Å². The van der Waals surface area contributed by atoms with Gasteiger partial charge >= 0.3 is 18.3 Å². The summed E-state index contributed by atoms with van der Waals surface area (Å²) in [5.74, 6) is -1.14. The van der Waals surface area contributed by atoms with Crippen molar-refractivity contribution < 1.29 is 40.7 Å². The summed E-state index contributed by atoms with van der Waals surface area (Å²) in [6.45, 7) is 1.77. The lowest BCUT2D eigenvalue weighted by Crippen LogP contribution is -2.20. The monoisotopic (exact) mass is 775 g/mol. The third-order valence-corrected chi connectivity index (χ3v) is 7.66. The minimum Gasteiger partial charge on any atom is -0.462 e. The molecule has 0 fully saturated rings. The van der Waals surface area contributed by atoms with E-state index in [9.17, 15) is 35.9 Å². The molecule has 3 N–H and O–H groups in total. The molecule has 4 heterocycles. The van der Waals surface area contributed by atoms with Crippen molar-refractivity contribution in [2.75, 3.05) is 24.3 Å². The van der Waals surface area contributed by atoms with Crippen LogP contribution in [0.5, 0.6) is 0 Å². The second-order valence-electron chi connectivity index (χ2n) is 10.8. The number of aromatic nitrogens is 4. The second kappa shape index (κ2) is 15.9. The Morgan fingerprint density at radius 1 is 0.698 bits per heavy atom. The van der Waals surface area contributed by atoms with E-state index in [0.717, 1.165) is 24.3 Å². The molecule has 18 heteroatoms. The molecule has 0 saturated heterocycles. The number of esters is 1. The number of anilines is 4. The summed E-state index contributed by atoms with van der Waals surface area (Å²) >= 11 is 11.9. The van der Waals surface area contributed by atoms with Gasteiger partial charge in [0.05, 0.1) is 45.7 Å². The summed E-state index contributed by atoms with van der Waals surface area (Å²) in [5.41, 5.74) is 0.576. The van der Waals surface area contributed by atoms with Crippen LogP contribution in [0.4, 0.5) is 49.1 Å². The first-order valence-electron chi connectivity index (χ1n) is 15.3. The van der Waals surface area contributed by atoms with E-state index in [2.05, 4.69) is 35.9 Å². The fourth-order valence-corrected chi connectivity index (χ4v) is 5.14. The fourth-order valence-electron chi connectivity index (χ4n) is 4.84. The fraction of sp³-hybridized carbons (Fsp3) is 0.143. The van der Waals surface area contributed by atoms with Crippen LogP contribution >= 0.6 is 23.2 Å². The first-order chi connectivity index (χ1) is 25.1. The van der Waals surface area contributed by atoms with Crippen LogP contribution in [0.15, 0.2) is 85.2 Å². The Kier molecular flexibility index (Phi) is 11.5. The molecule has 0 bridgehead atoms. The molecule has 6 aromatic rings. The van der Waals surface area contributed by atoms with Crippen LogP contribution in [0.25, 0.3) is 22.1 Å². The number of carbonyl (C=O) groups is 2. The number of ether oxygens (including phenoxy) is 1. The highest BCUT2D eigenvalue weighted by atomic mass is 35.5. The zero-order chi connectivity index (χ0) is 38.5. The Bertz CT molecular complexity index is 2320. The van der Waals surface area contributed by atoms with E-state index < -0.39 is 35.4 Å². The summed E-state index contributed by atoms with van der Waals surface area (Å²) in [5, 5.41) is 8.46. The molecule has 0 unspecified atom stereocenters. The topological polar surface area (TPSA) is 131 Å². The van der Waals surface area contributed by atoms with E-state index in [4.69, 9.17) is 27.9 Å². The summed E-state index contributed by atoms with van der Waals surface area (Å²) < 4.78 is 82.8. The van der Waals surface area contributed by atoms with Crippen molar-refractivity contribution in [3.05, 3.63) is 118 Å². The van der Waals surface area contributed by atoms with Gasteiger partial charge in [0.1, 0.15) is 26.9 Å². The smallest absolute Gasteiger partial charge is 0.416 e. The maximum atomic E-state index is 13.0. The highest BCUT2D eigenvalue weighted by Crippen LogP contribution is 2.35. The number of amides is 1. The van der Waals surface area contributed by atoms with Gasteiger partial charge in [-0.2, -0.15) is 26.3 Å². The SMILES string of the molecule is CCOC(=O)c1cnc2ccc(Cl)nc2c1Nc1cccc(C(F)(F)F)c1.CNC(=O)c1cnc2ccc(Cl)nc2c1Nc1cccc(C(F)(F)F)c1. The number of hydrogen-bond donors (Lipinski definition) is 3. The molecule has 0 saturated carbocycles. The zero-order valence-electron chi connectivity index (χ0n) is 27.3. The van der Waals surface area contributed by atoms with Crippen molar-refractivity contribution in [3.63, 3.8) is 0 Å². The lowest BCUT2D eigenvalue weighted by Gasteiger charge is -2.15. The minimum atomic E-state index is -4.50. The molecule has 0 spiro atoms. The highest BCUT2D eigenvalue weighted by Gasteiger charge is 2.31. The molecule has 0 radical (unpaired) electrons. The van der Waals surface area contributed by atoms with Gasteiger partial charge in [-0.15, -0.1) is 0 Å². The molecule has 0 atom stereocenters. The van der Waals surface area contributed by atoms with Crippen LogP contribution in [-0.2, 0) is 17.1 Å². The largest absolute Gasteiger partial charge is 0.462 e. The maximum Gasteiger partial charge on any atom is 0.416 e. The van der Waals surface area contributed by atoms with Gasteiger partial charge in [0.15, 0.2) is 0 Å². The van der Waals surface area contributed by atoms with E-state index in [1.807, 2.05) is 0 Å². The molecule has 4 aromatic heterocycles. The van der Waals surface area contributed by atoms with Gasteiger partial charge in [-0.25, -0.2) is 14.8 Å². The molecular formula is C35H25Cl2F6N7O3. The first kappa shape index (κ1) is 38.5. The maximum absolute atomic E-state index is 13.0. The Labute approximate surface area is 306 Å². The molecule has 2 aromatic carbocycles. The number of fused-ring (bicyclic) bond motifs is 2. The van der Waals surface area contributed by atoms with E-state index >= 15 is 0 Å². The number of alkyl halides is 6. The number of carbonyl (C=O) groups excluding carboxylic acids is 2. The predicted molar refractivity (Wildman–Crippen MR) is 188 cm³/mol. The van der Waals surface area contributed by atoms with Gasteiger partial charge in [-0.05, 0) is 67.6 Å². The third-order valence-electron chi connectivity index (χ3n) is 7.24. The summed E-state index contributed by atoms with van der Waals surface area (Å²) in [4.78, 5) is 41.0. The first-order valence-corrected chi connectivity index (χ1v) is 16.0. The lowest BCUT2D eigenvalue weighted by molar-refractivity contribution is -0.138. The van der Waals surface area contributed by atoms with E-state index in [1.165, 1.54) is 55.8 Å². The normalized spacial score (nSPS) is 11.4. The molecule has 53 heavy (non-hydrogen) atoms. The van der Waals surface area contributed by atoms with Crippen LogP contribution in [0.1, 0.15) is 38.8 Å². The Balaban J connectivity index is 0.000000204. The van der Waals surface area contributed by atoms with Gasteiger partial charge in [-0.1, -0.05) is 35.3 Å². The highest BCUT2D eigenvalue weighted by molar-refractivity contribution is 6.30. The standard InChI is InChI=1S/C18H13ClF3N3O2.C17H12ClF3N4O/c1-2-27-17(26)12-9-23-13-6-7-14(19)25-16(13)15(12)24-11-5-3-4-10(8-11)18(20,21)22;1-22-16(26)11-8-23-12-5-6-13(18)25-15(12)14(11)24-10-4-2-3-9(7-10)17(19,20)21/h3-9H,2H2,1H3,(H,23,24);2-8H,1H3,(H,22,26)(H,23,24). The number of halogens is 8. The number of rotatable bonds is 7. The molecule has 0 aliphatic heterocycles. The van der Waals surface area contributed by atoms with Crippen LogP contribution in [0, 0.1) is 0 Å². The number of nitrogens with one attached hydrogen (secondary N) is 3. The summed E-state index contributed by atoms with van der Waals surface area (Å²) in [6, 6.07) is 15.5. The molecule has 274 valence electrons. The summed E-state index contributed by atoms with van der Waals surface area (Å²) in [7, 11) is 1.44. The third kappa shape index (κ3) is 9.20. The van der Waals surface area contributed by atoms with Gasteiger partial charge < -0.3 is 20.7 Å². The van der Waals surface area contributed by atoms with Crippen LogP contribution < -0.4 is 16.0 Å². The van der Waals surface area contributed by atoms with Crippen molar-refractivity contribution in [1.29, 1.82) is 0 Å². The Morgan fingerprint density at radius 2 is 1.15 bits per heavy atom. The average Bonchev–Trinajstić information content (AvgIpc) is 3.11. The van der Waals surface area contributed by atoms with Crippen LogP contribution in [0.3, 0.4) is 0 Å². The van der Waals surface area contributed by atoms with Gasteiger partial charge in [0.25, 0.3) is 5.91 Å². The lowest BCUT2D eigenvalue weighted by atomic mass is 10.1. The van der Waals surface area contributed by atoms with Gasteiger partial charge in [0.2, 0.25) is 0 Å². The molecule has 6 rings (SSSR count). The van der Waals surface area contributed by atoms with Crippen molar-refractivity contribution in [2.45, 2.75) is 19.3 Å². The van der Waals surface area contributed by atoms with Crippen LogP contribution in [-0.4, -0.2) is 45.5 Å². The van der Waals surface area contributed by atoms with Crippen molar-refractivity contribution in [3.8, 4) is 0 Å². The molecule has 10 nitrogen and oxygen atoms in total. The Morgan fingerprint density at radius 3 is 1.58 bits per heavy atom. The minimum absolute atomic E-state index is 0.0385. The number of benzene rings is 2. The molecular weight excluding hydrogens is 751 g/mol. The van der Waals surface area contributed by atoms with Gasteiger partial charge in [0, 0.05) is 30.8 Å². The predicted octanol–water partition coefficient (Wildman–Crippen LogP) is 9.63. The average molecular weight is 777 g/mol. The number of pyridine rings is 4. The quantitative estimate of drug-likeness (QED) is 0.0824. The zero-order valence-corrected chi connectivity index (χ0v) is 28.8. The van der Waals surface area contributed by atoms with Gasteiger partial charge in [-0.3, -0.25) is 14.8 Å². The van der Waals surface area contributed by atoms with E-state index in [0.29, 0.717) is 11.0 Å². The second-order valence-corrected chi connectivity index (χ2v) is 11.6. The molecule has 0 aliphatic carbocycles. The molecule has 0 aliphatic rings. The van der Waals surface area contributed by atoms with Crippen molar-refractivity contribution >= 4 is 79.9 Å².